The first-order valence-corrected chi connectivity index (χ1v) is 8.84. The molecule has 4 rings (SSSR count). The molecular weight excluding hydrogens is 352 g/mol. The van der Waals surface area contributed by atoms with Gasteiger partial charge in [-0.3, -0.25) is 0 Å². The first-order chi connectivity index (χ1) is 12.7. The highest BCUT2D eigenvalue weighted by atomic mass is 35.5. The van der Waals surface area contributed by atoms with Crippen LogP contribution in [0.2, 0.25) is 5.15 Å². The quantitative estimate of drug-likeness (QED) is 0.519. The van der Waals surface area contributed by atoms with Crippen LogP contribution in [-0.2, 0) is 16.1 Å². The van der Waals surface area contributed by atoms with E-state index in [4.69, 9.17) is 16.3 Å². The van der Waals surface area contributed by atoms with Crippen LogP contribution in [0.15, 0.2) is 48.8 Å². The average Bonchev–Trinajstić information content (AvgIpc) is 3.17. The summed E-state index contributed by atoms with van der Waals surface area (Å²) in [4.78, 5) is 27.3. The monoisotopic (exact) mass is 368 g/mol. The summed E-state index contributed by atoms with van der Waals surface area (Å²) in [6.45, 7) is 0.831. The number of carbonyl (C=O) groups excluding carboxylic acids is 1. The molecule has 0 spiro atoms. The maximum atomic E-state index is 12.6. The second-order valence-electron chi connectivity index (χ2n) is 6.14. The van der Waals surface area contributed by atoms with E-state index in [9.17, 15) is 4.79 Å². The summed E-state index contributed by atoms with van der Waals surface area (Å²) in [5.74, 6) is 0.261. The van der Waals surface area contributed by atoms with E-state index in [-0.39, 0.29) is 18.6 Å². The first-order valence-electron chi connectivity index (χ1n) is 8.47. The van der Waals surface area contributed by atoms with E-state index < -0.39 is 0 Å². The first kappa shape index (κ1) is 16.7. The Hall–Kier alpha value is -2.73. The minimum absolute atomic E-state index is 0.0927. The summed E-state index contributed by atoms with van der Waals surface area (Å²) < 4.78 is 5.53. The lowest BCUT2D eigenvalue weighted by atomic mass is 10.1. The highest BCUT2D eigenvalue weighted by Gasteiger charge is 2.33. The zero-order valence-corrected chi connectivity index (χ0v) is 14.8. The number of pyridine rings is 1. The van der Waals surface area contributed by atoms with Crippen LogP contribution in [0.4, 0.5) is 5.95 Å². The van der Waals surface area contributed by atoms with Crippen molar-refractivity contribution in [2.45, 2.75) is 25.5 Å². The van der Waals surface area contributed by atoms with Gasteiger partial charge in [0.2, 0.25) is 5.95 Å². The van der Waals surface area contributed by atoms with Crippen LogP contribution >= 0.6 is 11.6 Å². The fourth-order valence-corrected chi connectivity index (χ4v) is 3.37. The van der Waals surface area contributed by atoms with Gasteiger partial charge in [0.25, 0.3) is 0 Å². The highest BCUT2D eigenvalue weighted by molar-refractivity contribution is 6.30. The van der Waals surface area contributed by atoms with Crippen LogP contribution in [0.1, 0.15) is 18.4 Å². The highest BCUT2D eigenvalue weighted by Crippen LogP contribution is 2.25. The lowest BCUT2D eigenvalue weighted by Crippen LogP contribution is -2.38. The third kappa shape index (κ3) is 3.32. The Labute approximate surface area is 155 Å². The summed E-state index contributed by atoms with van der Waals surface area (Å²) in [5.41, 5.74) is 1.51. The van der Waals surface area contributed by atoms with E-state index in [1.165, 1.54) is 0 Å². The number of halogens is 1. The number of anilines is 1. The van der Waals surface area contributed by atoms with Crippen molar-refractivity contribution in [1.82, 2.24) is 15.0 Å². The SMILES string of the molecule is O=C(OCc1cc2ccccc2nc1Cl)[C@H]1CCCN1c1ncccn1. The van der Waals surface area contributed by atoms with Crippen molar-refractivity contribution in [3.8, 4) is 0 Å². The fraction of sp³-hybridized carbons (Fsp3) is 0.263. The Balaban J connectivity index is 1.47. The number of fused-ring (bicyclic) bond motifs is 1. The Morgan fingerprint density at radius 1 is 1.23 bits per heavy atom. The van der Waals surface area contributed by atoms with Gasteiger partial charge in [0.1, 0.15) is 17.8 Å². The Kier molecular flexibility index (Phi) is 4.67. The zero-order chi connectivity index (χ0) is 17.9. The lowest BCUT2D eigenvalue weighted by molar-refractivity contribution is -0.146. The molecule has 1 saturated heterocycles. The molecule has 1 aromatic carbocycles. The molecule has 0 N–H and O–H groups in total. The number of nitrogens with zero attached hydrogens (tertiary/aromatic N) is 4. The van der Waals surface area contributed by atoms with Crippen molar-refractivity contribution < 1.29 is 9.53 Å². The molecule has 1 aliphatic rings. The molecule has 1 atom stereocenters. The third-order valence-corrected chi connectivity index (χ3v) is 4.78. The van der Waals surface area contributed by atoms with Gasteiger partial charge in [0, 0.05) is 29.9 Å². The average molecular weight is 369 g/mol. The molecule has 7 heteroatoms. The van der Waals surface area contributed by atoms with E-state index in [0.717, 1.165) is 30.3 Å². The summed E-state index contributed by atoms with van der Waals surface area (Å²) >= 11 is 6.24. The molecule has 1 aliphatic heterocycles. The second kappa shape index (κ2) is 7.25. The Morgan fingerprint density at radius 3 is 2.88 bits per heavy atom. The molecule has 3 aromatic rings. The van der Waals surface area contributed by atoms with Gasteiger partial charge < -0.3 is 9.64 Å². The van der Waals surface area contributed by atoms with Gasteiger partial charge in [-0.15, -0.1) is 0 Å². The molecule has 1 fully saturated rings. The molecule has 6 nitrogen and oxygen atoms in total. The zero-order valence-electron chi connectivity index (χ0n) is 14.0. The Bertz CT molecular complexity index is 935. The molecule has 0 radical (unpaired) electrons. The van der Waals surface area contributed by atoms with Crippen LogP contribution in [0.25, 0.3) is 10.9 Å². The van der Waals surface area contributed by atoms with Gasteiger partial charge in [-0.1, -0.05) is 29.8 Å². The standard InChI is InChI=1S/C19H17ClN4O2/c20-17-14(11-13-5-1-2-6-15(13)23-17)12-26-18(25)16-7-3-10-24(16)19-21-8-4-9-22-19/h1-2,4-6,8-9,11,16H,3,7,10,12H2/t16-/m1/s1. The molecular formula is C19H17ClN4O2. The molecule has 0 unspecified atom stereocenters. The second-order valence-corrected chi connectivity index (χ2v) is 6.50. The van der Waals surface area contributed by atoms with Gasteiger partial charge in [-0.2, -0.15) is 0 Å². The molecule has 0 bridgehead atoms. The summed E-state index contributed by atoms with van der Waals surface area (Å²) in [5, 5.41) is 1.31. The van der Waals surface area contributed by atoms with Crippen LogP contribution in [0.5, 0.6) is 0 Å². The van der Waals surface area contributed by atoms with Gasteiger partial charge in [-0.05, 0) is 31.0 Å². The number of hydrogen-bond donors (Lipinski definition) is 0. The van der Waals surface area contributed by atoms with Crippen molar-refractivity contribution in [3.05, 3.63) is 59.5 Å². The minimum atomic E-state index is -0.371. The van der Waals surface area contributed by atoms with Crippen molar-refractivity contribution >= 4 is 34.4 Å². The smallest absolute Gasteiger partial charge is 0.329 e. The predicted molar refractivity (Wildman–Crippen MR) is 98.9 cm³/mol. The van der Waals surface area contributed by atoms with Gasteiger partial charge in [0.15, 0.2) is 0 Å². The minimum Gasteiger partial charge on any atom is -0.459 e. The van der Waals surface area contributed by atoms with Gasteiger partial charge in [0.05, 0.1) is 5.52 Å². The normalized spacial score (nSPS) is 16.8. The molecule has 3 heterocycles. The molecule has 0 amide bonds. The maximum Gasteiger partial charge on any atom is 0.329 e. The van der Waals surface area contributed by atoms with Crippen molar-refractivity contribution in [2.24, 2.45) is 0 Å². The largest absolute Gasteiger partial charge is 0.459 e. The van der Waals surface area contributed by atoms with Crippen LogP contribution in [0.3, 0.4) is 0 Å². The molecule has 26 heavy (non-hydrogen) atoms. The van der Waals surface area contributed by atoms with E-state index in [0.29, 0.717) is 16.7 Å². The number of rotatable bonds is 4. The molecule has 132 valence electrons. The predicted octanol–water partition coefficient (Wildman–Crippen LogP) is 3.39. The molecule has 0 saturated carbocycles. The number of ether oxygens (including phenoxy) is 1. The maximum absolute atomic E-state index is 12.6. The van der Waals surface area contributed by atoms with Crippen LogP contribution < -0.4 is 4.90 Å². The Morgan fingerprint density at radius 2 is 2.04 bits per heavy atom. The van der Waals surface area contributed by atoms with E-state index in [2.05, 4.69) is 15.0 Å². The van der Waals surface area contributed by atoms with Crippen LogP contribution in [-0.4, -0.2) is 33.5 Å². The summed E-state index contributed by atoms with van der Waals surface area (Å²) in [6.07, 6.45) is 4.96. The topological polar surface area (TPSA) is 68.2 Å². The lowest BCUT2D eigenvalue weighted by Gasteiger charge is -2.22. The summed E-state index contributed by atoms with van der Waals surface area (Å²) in [6, 6.07) is 11.0. The number of carbonyl (C=O) groups is 1. The number of benzene rings is 1. The van der Waals surface area contributed by atoms with Crippen molar-refractivity contribution in [3.63, 3.8) is 0 Å². The van der Waals surface area contributed by atoms with E-state index in [1.807, 2.05) is 35.2 Å². The number of esters is 1. The van der Waals surface area contributed by atoms with E-state index >= 15 is 0 Å². The number of aromatic nitrogens is 3. The van der Waals surface area contributed by atoms with Crippen LogP contribution in [0, 0.1) is 0 Å². The molecule has 0 aliphatic carbocycles. The number of para-hydroxylation sites is 1. The summed E-state index contributed by atoms with van der Waals surface area (Å²) in [7, 11) is 0. The van der Waals surface area contributed by atoms with E-state index in [1.54, 1.807) is 18.5 Å². The molecule has 2 aromatic heterocycles. The number of hydrogen-bond acceptors (Lipinski definition) is 6. The van der Waals surface area contributed by atoms with Gasteiger partial charge in [-0.25, -0.2) is 19.7 Å². The van der Waals surface area contributed by atoms with Gasteiger partial charge >= 0.3 is 5.97 Å². The fourth-order valence-electron chi connectivity index (χ4n) is 3.17. The third-order valence-electron chi connectivity index (χ3n) is 4.45. The van der Waals surface area contributed by atoms with Crippen molar-refractivity contribution in [1.29, 1.82) is 0 Å². The van der Waals surface area contributed by atoms with Crippen molar-refractivity contribution in [2.75, 3.05) is 11.4 Å².